The van der Waals surface area contributed by atoms with E-state index in [0.29, 0.717) is 48.3 Å². The van der Waals surface area contributed by atoms with Crippen LogP contribution in [0.25, 0.3) is 0 Å². The first kappa shape index (κ1) is 20.1. The number of nitrogens with two attached hydrogens (primary N) is 1. The number of halogens is 2. The molecule has 3 atom stereocenters. The predicted octanol–water partition coefficient (Wildman–Crippen LogP) is 1.19. The van der Waals surface area contributed by atoms with E-state index in [9.17, 15) is 9.90 Å². The molecule has 1 aromatic rings. The average molecular weight is 393 g/mol. The minimum atomic E-state index is -0.908. The third-order valence-electron chi connectivity index (χ3n) is 4.14. The summed E-state index contributed by atoms with van der Waals surface area (Å²) < 4.78 is 16.5. The van der Waals surface area contributed by atoms with E-state index in [-0.39, 0.29) is 31.0 Å². The zero-order valence-corrected chi connectivity index (χ0v) is 15.1. The van der Waals surface area contributed by atoms with Gasteiger partial charge in [-0.15, -0.1) is 12.4 Å². The fourth-order valence-electron chi connectivity index (χ4n) is 2.82. The fraction of sp³-hybridized carbons (Fsp3) is 0.562. The molecule has 0 saturated carbocycles. The number of nitrogens with one attached hydrogen (secondary N) is 1. The van der Waals surface area contributed by atoms with Gasteiger partial charge in [-0.2, -0.15) is 0 Å². The van der Waals surface area contributed by atoms with Crippen LogP contribution in [0.1, 0.15) is 24.5 Å². The van der Waals surface area contributed by atoms with Gasteiger partial charge in [0, 0.05) is 13.1 Å². The number of benzene rings is 1. The van der Waals surface area contributed by atoms with E-state index < -0.39 is 12.2 Å². The molecule has 0 bridgehead atoms. The largest absolute Gasteiger partial charge is 0.486 e. The van der Waals surface area contributed by atoms with E-state index in [0.717, 1.165) is 6.42 Å². The number of aliphatic hydroxyl groups is 1. The summed E-state index contributed by atoms with van der Waals surface area (Å²) >= 11 is 6.15. The summed E-state index contributed by atoms with van der Waals surface area (Å²) in [4.78, 5) is 12.1. The highest BCUT2D eigenvalue weighted by molar-refractivity contribution is 6.32. The van der Waals surface area contributed by atoms with Crippen LogP contribution < -0.4 is 20.5 Å². The lowest BCUT2D eigenvalue weighted by molar-refractivity contribution is -0.132. The lowest BCUT2D eigenvalue weighted by Gasteiger charge is -2.22. The molecule has 7 nitrogen and oxygen atoms in total. The SMILES string of the molecule is Cl.NC[C@H]1CC[C@@H](C(=O)NCC(O)c2cc(Cl)c3c(c2)OCCO3)O1. The molecule has 0 spiro atoms. The van der Waals surface area contributed by atoms with Crippen LogP contribution in [-0.2, 0) is 9.53 Å². The van der Waals surface area contributed by atoms with Crippen molar-refractivity contribution in [2.45, 2.75) is 31.2 Å². The Balaban J connectivity index is 0.00000225. The number of fused-ring (bicyclic) bond motifs is 1. The van der Waals surface area contributed by atoms with Crippen LogP contribution in [0.4, 0.5) is 0 Å². The Bertz CT molecular complexity index is 616. The molecule has 2 aliphatic heterocycles. The Labute approximate surface area is 157 Å². The van der Waals surface area contributed by atoms with Gasteiger partial charge in [-0.3, -0.25) is 4.79 Å². The zero-order valence-electron chi connectivity index (χ0n) is 13.6. The predicted molar refractivity (Wildman–Crippen MR) is 94.6 cm³/mol. The van der Waals surface area contributed by atoms with E-state index in [1.807, 2.05) is 0 Å². The molecule has 1 fully saturated rings. The van der Waals surface area contributed by atoms with Crippen molar-refractivity contribution in [2.24, 2.45) is 5.73 Å². The first-order chi connectivity index (χ1) is 11.6. The Morgan fingerprint density at radius 3 is 2.84 bits per heavy atom. The highest BCUT2D eigenvalue weighted by atomic mass is 35.5. The van der Waals surface area contributed by atoms with Crippen LogP contribution in [0, 0.1) is 0 Å². The van der Waals surface area contributed by atoms with Gasteiger partial charge in [0.25, 0.3) is 0 Å². The summed E-state index contributed by atoms with van der Waals surface area (Å²) in [6.45, 7) is 1.33. The molecule has 3 rings (SSSR count). The van der Waals surface area contributed by atoms with Crippen molar-refractivity contribution in [1.82, 2.24) is 5.32 Å². The highest BCUT2D eigenvalue weighted by Gasteiger charge is 2.30. The molecule has 25 heavy (non-hydrogen) atoms. The van der Waals surface area contributed by atoms with Crippen LogP contribution in [0.15, 0.2) is 12.1 Å². The van der Waals surface area contributed by atoms with Crippen LogP contribution >= 0.6 is 24.0 Å². The van der Waals surface area contributed by atoms with Gasteiger partial charge in [-0.05, 0) is 30.5 Å². The Kier molecular flexibility index (Phi) is 7.15. The van der Waals surface area contributed by atoms with Crippen LogP contribution in [0.2, 0.25) is 5.02 Å². The van der Waals surface area contributed by atoms with Crippen molar-refractivity contribution in [2.75, 3.05) is 26.3 Å². The Morgan fingerprint density at radius 2 is 2.12 bits per heavy atom. The molecule has 0 aliphatic carbocycles. The van der Waals surface area contributed by atoms with E-state index >= 15 is 0 Å². The number of hydrogen-bond donors (Lipinski definition) is 3. The van der Waals surface area contributed by atoms with Gasteiger partial charge in [0.05, 0.1) is 17.2 Å². The van der Waals surface area contributed by atoms with Gasteiger partial charge in [0.1, 0.15) is 19.3 Å². The minimum absolute atomic E-state index is 0. The van der Waals surface area contributed by atoms with Crippen molar-refractivity contribution < 1.29 is 24.1 Å². The van der Waals surface area contributed by atoms with Gasteiger partial charge >= 0.3 is 0 Å². The van der Waals surface area contributed by atoms with E-state index in [2.05, 4.69) is 5.32 Å². The van der Waals surface area contributed by atoms with Crippen LogP contribution in [-0.4, -0.2) is 49.5 Å². The van der Waals surface area contributed by atoms with Crippen LogP contribution in [0.5, 0.6) is 11.5 Å². The first-order valence-corrected chi connectivity index (χ1v) is 8.36. The fourth-order valence-corrected chi connectivity index (χ4v) is 3.10. The molecule has 9 heteroatoms. The second-order valence-electron chi connectivity index (χ2n) is 5.85. The maximum Gasteiger partial charge on any atom is 0.249 e. The van der Waals surface area contributed by atoms with Gasteiger partial charge in [-0.1, -0.05) is 11.6 Å². The van der Waals surface area contributed by atoms with E-state index in [1.54, 1.807) is 12.1 Å². The third kappa shape index (κ3) is 4.68. The molecule has 2 aliphatic rings. The van der Waals surface area contributed by atoms with Crippen molar-refractivity contribution >= 4 is 29.9 Å². The summed E-state index contributed by atoms with van der Waals surface area (Å²) in [7, 11) is 0. The molecule has 140 valence electrons. The molecular weight excluding hydrogens is 371 g/mol. The molecule has 4 N–H and O–H groups in total. The summed E-state index contributed by atoms with van der Waals surface area (Å²) in [6.07, 6.45) is -0.0694. The maximum atomic E-state index is 12.1. The molecular formula is C16H22Cl2N2O5. The Morgan fingerprint density at radius 1 is 1.36 bits per heavy atom. The first-order valence-electron chi connectivity index (χ1n) is 7.99. The molecule has 0 aromatic heterocycles. The third-order valence-corrected chi connectivity index (χ3v) is 4.42. The standard InChI is InChI=1S/C16H21ClN2O5.ClH/c17-11-5-9(6-14-15(11)23-4-3-22-14)12(20)8-19-16(21)13-2-1-10(7-18)24-13;/h5-6,10,12-13,20H,1-4,7-8,18H2,(H,19,21);1H/t10-,12?,13+;/m1./s1. The quantitative estimate of drug-likeness (QED) is 0.695. The number of carbonyl (C=O) groups excluding carboxylic acids is 1. The minimum Gasteiger partial charge on any atom is -0.486 e. The molecule has 0 radical (unpaired) electrons. The Hall–Kier alpha value is -1.25. The second kappa shape index (κ2) is 8.91. The second-order valence-corrected chi connectivity index (χ2v) is 6.25. The number of rotatable bonds is 5. The lowest BCUT2D eigenvalue weighted by Crippen LogP contribution is -2.37. The summed E-state index contributed by atoms with van der Waals surface area (Å²) in [6, 6.07) is 3.29. The van der Waals surface area contributed by atoms with Crippen molar-refractivity contribution in [3.05, 3.63) is 22.7 Å². The smallest absolute Gasteiger partial charge is 0.249 e. The summed E-state index contributed by atoms with van der Waals surface area (Å²) in [5.74, 6) is 0.739. The topological polar surface area (TPSA) is 103 Å². The normalized spacial score (nSPS) is 22.8. The van der Waals surface area contributed by atoms with Gasteiger partial charge in [0.2, 0.25) is 5.91 Å². The number of carbonyl (C=O) groups is 1. The zero-order chi connectivity index (χ0) is 17.1. The van der Waals surface area contributed by atoms with Crippen molar-refractivity contribution in [3.8, 4) is 11.5 Å². The van der Waals surface area contributed by atoms with Crippen molar-refractivity contribution in [3.63, 3.8) is 0 Å². The molecule has 1 aromatic carbocycles. The van der Waals surface area contributed by atoms with Gasteiger partial charge < -0.3 is 30.4 Å². The summed E-state index contributed by atoms with van der Waals surface area (Å²) in [5, 5.41) is 13.4. The lowest BCUT2D eigenvalue weighted by atomic mass is 10.1. The van der Waals surface area contributed by atoms with Gasteiger partial charge in [0.15, 0.2) is 11.5 Å². The molecule has 1 amide bonds. The van der Waals surface area contributed by atoms with Gasteiger partial charge in [-0.25, -0.2) is 0 Å². The van der Waals surface area contributed by atoms with Crippen molar-refractivity contribution in [1.29, 1.82) is 0 Å². The van der Waals surface area contributed by atoms with E-state index in [4.69, 9.17) is 31.5 Å². The number of aliphatic hydroxyl groups excluding tert-OH is 1. The summed E-state index contributed by atoms with van der Waals surface area (Å²) in [5.41, 5.74) is 6.09. The average Bonchev–Trinajstić information content (AvgIpc) is 3.08. The highest BCUT2D eigenvalue weighted by Crippen LogP contribution is 2.39. The monoisotopic (exact) mass is 392 g/mol. The number of hydrogen-bond acceptors (Lipinski definition) is 6. The van der Waals surface area contributed by atoms with Crippen LogP contribution in [0.3, 0.4) is 0 Å². The molecule has 1 saturated heterocycles. The molecule has 2 heterocycles. The maximum absolute atomic E-state index is 12.1. The molecule has 1 unspecified atom stereocenters. The number of amides is 1. The van der Waals surface area contributed by atoms with E-state index in [1.165, 1.54) is 0 Å². The number of ether oxygens (including phenoxy) is 3.